The molecule has 0 saturated carbocycles. The van der Waals surface area contributed by atoms with Crippen LogP contribution in [0, 0.1) is 0 Å². The number of aromatic nitrogens is 6. The third-order valence-corrected chi connectivity index (χ3v) is 6.33. The number of tetrazole rings is 1. The number of hydrogen-bond donors (Lipinski definition) is 3. The second-order valence-electron chi connectivity index (χ2n) is 8.61. The number of aromatic amines is 2. The van der Waals surface area contributed by atoms with Gasteiger partial charge in [0.25, 0.3) is 0 Å². The normalized spacial score (nSPS) is 12.9. The zero-order chi connectivity index (χ0) is 25.5. The molecule has 4 rings (SSSR count). The van der Waals surface area contributed by atoms with Gasteiger partial charge < -0.3 is 15.0 Å². The van der Waals surface area contributed by atoms with E-state index in [0.717, 1.165) is 47.3 Å². The van der Waals surface area contributed by atoms with Crippen LogP contribution in [0.25, 0.3) is 22.5 Å². The van der Waals surface area contributed by atoms with Crippen molar-refractivity contribution in [2.75, 3.05) is 7.05 Å². The Morgan fingerprint density at radius 1 is 1.17 bits per heavy atom. The Balaban J connectivity index is 1.70. The Morgan fingerprint density at radius 3 is 2.67 bits per heavy atom. The molecule has 0 unspecified atom stereocenters. The standard InChI is InChI=1S/C26H30ClN7O2/c1-4-5-11-22-29-23(24(27)30-22)21(36-26(35)16(2)28-3)15-17-12-13-19(18-9-7-6-8-10-18)20(14-17)25-31-33-34-32-25/h6-10,12-14,16,21,28H,4-5,11,15H2,1-3H3,(H,29,30)(H,31,32,33,34)/t16-,21-/m0/s1. The van der Waals surface area contributed by atoms with Crippen molar-refractivity contribution < 1.29 is 9.53 Å². The number of likely N-dealkylation sites (N-methyl/N-ethyl adjacent to an activating group) is 1. The van der Waals surface area contributed by atoms with Crippen LogP contribution in [0.3, 0.4) is 0 Å². The first kappa shape index (κ1) is 25.5. The molecular formula is C26H30ClN7O2. The molecule has 0 fully saturated rings. The van der Waals surface area contributed by atoms with Gasteiger partial charge in [-0.05, 0) is 48.4 Å². The number of nitrogens with zero attached hydrogens (tertiary/aromatic N) is 4. The van der Waals surface area contributed by atoms with E-state index in [9.17, 15) is 4.79 Å². The number of benzene rings is 2. The fourth-order valence-electron chi connectivity index (χ4n) is 3.92. The quantitative estimate of drug-likeness (QED) is 0.252. The smallest absolute Gasteiger partial charge is 0.323 e. The number of carbonyl (C=O) groups excluding carboxylic acids is 1. The number of rotatable bonds is 11. The van der Waals surface area contributed by atoms with Gasteiger partial charge in [0, 0.05) is 18.4 Å². The van der Waals surface area contributed by atoms with Crippen molar-refractivity contribution in [2.24, 2.45) is 0 Å². The SMILES string of the molecule is CCCCc1nc(Cl)c([C@H](Cc2ccc(-c3ccccc3)c(-c3nn[nH]n3)c2)OC(=O)[C@H](C)NC)[nH]1. The summed E-state index contributed by atoms with van der Waals surface area (Å²) in [5, 5.41) is 17.9. The lowest BCUT2D eigenvalue weighted by Gasteiger charge is -2.20. The predicted octanol–water partition coefficient (Wildman–Crippen LogP) is 4.69. The van der Waals surface area contributed by atoms with Crippen molar-refractivity contribution in [3.05, 3.63) is 70.8 Å². The van der Waals surface area contributed by atoms with E-state index in [1.807, 2.05) is 48.5 Å². The summed E-state index contributed by atoms with van der Waals surface area (Å²) in [5.74, 6) is 0.892. The Kier molecular flexibility index (Phi) is 8.45. The first-order valence-corrected chi connectivity index (χ1v) is 12.4. The van der Waals surface area contributed by atoms with Crippen LogP contribution in [-0.2, 0) is 22.4 Å². The molecule has 36 heavy (non-hydrogen) atoms. The minimum atomic E-state index is -0.649. The van der Waals surface area contributed by atoms with E-state index in [1.54, 1.807) is 14.0 Å². The van der Waals surface area contributed by atoms with E-state index >= 15 is 0 Å². The maximum Gasteiger partial charge on any atom is 0.323 e. The van der Waals surface area contributed by atoms with Crippen LogP contribution in [-0.4, -0.2) is 49.7 Å². The molecule has 2 heterocycles. The van der Waals surface area contributed by atoms with Crippen molar-refractivity contribution in [1.82, 2.24) is 35.9 Å². The molecule has 0 aliphatic heterocycles. The minimum absolute atomic E-state index is 0.315. The molecule has 2 aromatic carbocycles. The molecule has 9 nitrogen and oxygen atoms in total. The Bertz CT molecular complexity index is 1270. The Labute approximate surface area is 215 Å². The third-order valence-electron chi connectivity index (χ3n) is 6.04. The average molecular weight is 508 g/mol. The van der Waals surface area contributed by atoms with Gasteiger partial charge in [-0.2, -0.15) is 5.21 Å². The van der Waals surface area contributed by atoms with E-state index in [0.29, 0.717) is 23.1 Å². The van der Waals surface area contributed by atoms with E-state index in [2.05, 4.69) is 42.8 Å². The van der Waals surface area contributed by atoms with Crippen LogP contribution < -0.4 is 5.32 Å². The lowest BCUT2D eigenvalue weighted by molar-refractivity contribution is -0.151. The van der Waals surface area contributed by atoms with Crippen molar-refractivity contribution in [1.29, 1.82) is 0 Å². The summed E-state index contributed by atoms with van der Waals surface area (Å²) in [7, 11) is 1.71. The van der Waals surface area contributed by atoms with E-state index in [-0.39, 0.29) is 5.97 Å². The number of halogens is 1. The topological polar surface area (TPSA) is 121 Å². The highest BCUT2D eigenvalue weighted by atomic mass is 35.5. The van der Waals surface area contributed by atoms with Crippen molar-refractivity contribution in [2.45, 2.75) is 51.7 Å². The molecule has 0 amide bonds. The number of unbranched alkanes of at least 4 members (excludes halogenated alkanes) is 1. The summed E-state index contributed by atoms with van der Waals surface area (Å²) in [5.41, 5.74) is 4.34. The highest BCUT2D eigenvalue weighted by molar-refractivity contribution is 6.30. The number of carbonyl (C=O) groups is 1. The summed E-state index contributed by atoms with van der Waals surface area (Å²) < 4.78 is 5.93. The molecule has 188 valence electrons. The summed E-state index contributed by atoms with van der Waals surface area (Å²) >= 11 is 6.52. The largest absolute Gasteiger partial charge is 0.454 e. The van der Waals surface area contributed by atoms with E-state index in [4.69, 9.17) is 16.3 Å². The number of esters is 1. The van der Waals surface area contributed by atoms with Crippen LogP contribution in [0.4, 0.5) is 0 Å². The molecule has 2 aromatic heterocycles. The molecule has 10 heteroatoms. The number of ether oxygens (including phenoxy) is 1. The van der Waals surface area contributed by atoms with Crippen molar-refractivity contribution in [3.63, 3.8) is 0 Å². The van der Waals surface area contributed by atoms with Gasteiger partial charge in [-0.1, -0.05) is 67.4 Å². The summed E-state index contributed by atoms with van der Waals surface area (Å²) in [6.07, 6.45) is 2.54. The van der Waals surface area contributed by atoms with E-state index < -0.39 is 12.1 Å². The average Bonchev–Trinajstić information content (AvgIpc) is 3.57. The first-order chi connectivity index (χ1) is 17.5. The Morgan fingerprint density at radius 2 is 1.97 bits per heavy atom. The van der Waals surface area contributed by atoms with Gasteiger partial charge >= 0.3 is 5.97 Å². The Hall–Kier alpha value is -3.56. The lowest BCUT2D eigenvalue weighted by Crippen LogP contribution is -2.33. The molecular weight excluding hydrogens is 478 g/mol. The molecule has 0 spiro atoms. The predicted molar refractivity (Wildman–Crippen MR) is 138 cm³/mol. The van der Waals surface area contributed by atoms with E-state index in [1.165, 1.54) is 0 Å². The summed E-state index contributed by atoms with van der Waals surface area (Å²) in [6.45, 7) is 3.87. The molecule has 2 atom stereocenters. The van der Waals surface area contributed by atoms with Crippen molar-refractivity contribution in [3.8, 4) is 22.5 Å². The maximum atomic E-state index is 12.7. The zero-order valence-electron chi connectivity index (χ0n) is 20.6. The minimum Gasteiger partial charge on any atom is -0.454 e. The van der Waals surface area contributed by atoms with Gasteiger partial charge in [0.1, 0.15) is 18.0 Å². The summed E-state index contributed by atoms with van der Waals surface area (Å²) in [4.78, 5) is 20.5. The number of nitrogens with one attached hydrogen (secondary N) is 3. The number of aryl methyl sites for hydroxylation is 1. The molecule has 4 aromatic rings. The molecule has 0 aliphatic carbocycles. The van der Waals surface area contributed by atoms with Gasteiger partial charge in [0.2, 0.25) is 5.82 Å². The second kappa shape index (κ2) is 11.9. The molecule has 3 N–H and O–H groups in total. The third kappa shape index (κ3) is 5.98. The van der Waals surface area contributed by atoms with Gasteiger partial charge in [-0.15, -0.1) is 10.2 Å². The second-order valence-corrected chi connectivity index (χ2v) is 8.97. The highest BCUT2D eigenvalue weighted by Gasteiger charge is 2.26. The lowest BCUT2D eigenvalue weighted by atomic mass is 9.95. The van der Waals surface area contributed by atoms with Gasteiger partial charge in [0.15, 0.2) is 5.15 Å². The zero-order valence-corrected chi connectivity index (χ0v) is 21.3. The monoisotopic (exact) mass is 507 g/mol. The molecule has 0 aliphatic rings. The highest BCUT2D eigenvalue weighted by Crippen LogP contribution is 2.34. The van der Waals surface area contributed by atoms with Crippen LogP contribution in [0.5, 0.6) is 0 Å². The fourth-order valence-corrected chi connectivity index (χ4v) is 4.19. The molecule has 0 saturated heterocycles. The fraction of sp³-hybridized carbons (Fsp3) is 0.346. The number of H-pyrrole nitrogens is 2. The van der Waals surface area contributed by atoms with Gasteiger partial charge in [-0.25, -0.2) is 4.98 Å². The van der Waals surface area contributed by atoms with Crippen LogP contribution in [0.1, 0.15) is 49.9 Å². The maximum absolute atomic E-state index is 12.7. The van der Waals surface area contributed by atoms with Crippen LogP contribution >= 0.6 is 11.6 Å². The first-order valence-electron chi connectivity index (χ1n) is 12.0. The summed E-state index contributed by atoms with van der Waals surface area (Å²) in [6, 6.07) is 15.6. The van der Waals surface area contributed by atoms with Crippen LogP contribution in [0.15, 0.2) is 48.5 Å². The molecule has 0 radical (unpaired) electrons. The number of imidazole rings is 1. The number of hydrogen-bond acceptors (Lipinski definition) is 7. The molecule has 0 bridgehead atoms. The van der Waals surface area contributed by atoms with Gasteiger partial charge in [0.05, 0.1) is 5.69 Å². The van der Waals surface area contributed by atoms with Crippen molar-refractivity contribution >= 4 is 17.6 Å². The van der Waals surface area contributed by atoms with Crippen LogP contribution in [0.2, 0.25) is 5.15 Å². The van der Waals surface area contributed by atoms with Gasteiger partial charge in [-0.3, -0.25) is 4.79 Å².